The standard InChI is InChI=1S/C16H20N4O3/c1-9-8-10(2)20-14(17-9)13(11(3)18-20)15(21)19-6-4-12(5-7-19)16(22)23/h8,12H,4-7H2,1-3H3,(H,22,23). The first-order chi connectivity index (χ1) is 10.9. The molecular weight excluding hydrogens is 296 g/mol. The maximum absolute atomic E-state index is 12.9. The van der Waals surface area contributed by atoms with Crippen molar-refractivity contribution in [3.05, 3.63) is 28.7 Å². The smallest absolute Gasteiger partial charge is 0.306 e. The van der Waals surface area contributed by atoms with Crippen LogP contribution in [0.4, 0.5) is 0 Å². The normalized spacial score (nSPS) is 16.0. The van der Waals surface area contributed by atoms with E-state index in [1.54, 1.807) is 16.3 Å². The van der Waals surface area contributed by atoms with Crippen molar-refractivity contribution in [1.82, 2.24) is 19.5 Å². The minimum Gasteiger partial charge on any atom is -0.481 e. The highest BCUT2D eigenvalue weighted by Crippen LogP contribution is 2.23. The van der Waals surface area contributed by atoms with Crippen molar-refractivity contribution in [2.45, 2.75) is 33.6 Å². The third-order valence-electron chi connectivity index (χ3n) is 4.42. The number of nitrogens with zero attached hydrogens (tertiary/aromatic N) is 4. The van der Waals surface area contributed by atoms with E-state index in [1.807, 2.05) is 19.9 Å². The number of carbonyl (C=O) groups excluding carboxylic acids is 1. The Morgan fingerprint density at radius 2 is 1.87 bits per heavy atom. The topological polar surface area (TPSA) is 87.8 Å². The van der Waals surface area contributed by atoms with E-state index in [0.29, 0.717) is 42.8 Å². The zero-order valence-corrected chi connectivity index (χ0v) is 13.5. The van der Waals surface area contributed by atoms with E-state index in [2.05, 4.69) is 10.1 Å². The molecule has 7 nitrogen and oxygen atoms in total. The van der Waals surface area contributed by atoms with Gasteiger partial charge in [0.05, 0.1) is 11.6 Å². The van der Waals surface area contributed by atoms with Gasteiger partial charge in [-0.25, -0.2) is 9.50 Å². The summed E-state index contributed by atoms with van der Waals surface area (Å²) in [5, 5.41) is 13.5. The average molecular weight is 316 g/mol. The Kier molecular flexibility index (Phi) is 3.79. The largest absolute Gasteiger partial charge is 0.481 e. The lowest BCUT2D eigenvalue weighted by atomic mass is 9.96. The molecule has 0 aromatic carbocycles. The van der Waals surface area contributed by atoms with E-state index in [4.69, 9.17) is 5.11 Å². The van der Waals surface area contributed by atoms with Crippen LogP contribution in [0.3, 0.4) is 0 Å². The highest BCUT2D eigenvalue weighted by Gasteiger charge is 2.30. The van der Waals surface area contributed by atoms with E-state index in [9.17, 15) is 9.59 Å². The number of amides is 1. The predicted octanol–water partition coefficient (Wildman–Crippen LogP) is 1.59. The number of fused-ring (bicyclic) bond motifs is 1. The fraction of sp³-hybridized carbons (Fsp3) is 0.500. The summed E-state index contributed by atoms with van der Waals surface area (Å²) in [5.74, 6) is -1.25. The molecule has 1 amide bonds. The SMILES string of the molecule is Cc1cc(C)n2nc(C)c(C(=O)N3CCC(C(=O)O)CC3)c2n1. The number of aliphatic carboxylic acids is 1. The summed E-state index contributed by atoms with van der Waals surface area (Å²) in [6.45, 7) is 6.54. The van der Waals surface area contributed by atoms with Crippen LogP contribution >= 0.6 is 0 Å². The van der Waals surface area contributed by atoms with E-state index in [1.165, 1.54) is 0 Å². The van der Waals surface area contributed by atoms with E-state index in [-0.39, 0.29) is 11.8 Å². The molecule has 0 atom stereocenters. The van der Waals surface area contributed by atoms with Gasteiger partial charge in [0.25, 0.3) is 5.91 Å². The molecule has 122 valence electrons. The Labute approximate surface area is 133 Å². The summed E-state index contributed by atoms with van der Waals surface area (Å²) in [5.41, 5.74) is 3.51. The zero-order chi connectivity index (χ0) is 16.7. The maximum atomic E-state index is 12.9. The number of rotatable bonds is 2. The molecule has 0 aliphatic carbocycles. The summed E-state index contributed by atoms with van der Waals surface area (Å²) in [7, 11) is 0. The Morgan fingerprint density at radius 1 is 1.22 bits per heavy atom. The first-order valence-electron chi connectivity index (χ1n) is 7.74. The quantitative estimate of drug-likeness (QED) is 0.909. The van der Waals surface area contributed by atoms with Crippen molar-refractivity contribution >= 4 is 17.5 Å². The Morgan fingerprint density at radius 3 is 2.48 bits per heavy atom. The van der Waals surface area contributed by atoms with Crippen LogP contribution in [-0.4, -0.2) is 49.6 Å². The molecule has 1 aliphatic heterocycles. The summed E-state index contributed by atoms with van der Waals surface area (Å²) >= 11 is 0. The van der Waals surface area contributed by atoms with Crippen LogP contribution in [0.5, 0.6) is 0 Å². The minimum atomic E-state index is -0.780. The molecule has 1 aliphatic rings. The van der Waals surface area contributed by atoms with Gasteiger partial charge in [0.15, 0.2) is 5.65 Å². The molecular formula is C16H20N4O3. The monoisotopic (exact) mass is 316 g/mol. The molecule has 2 aromatic heterocycles. The van der Waals surface area contributed by atoms with Crippen LogP contribution in [-0.2, 0) is 4.79 Å². The molecule has 0 radical (unpaired) electrons. The number of likely N-dealkylation sites (tertiary alicyclic amines) is 1. The van der Waals surface area contributed by atoms with Gasteiger partial charge in [-0.3, -0.25) is 9.59 Å². The summed E-state index contributed by atoms with van der Waals surface area (Å²) in [6.07, 6.45) is 0.982. The van der Waals surface area contributed by atoms with Crippen molar-refractivity contribution in [3.8, 4) is 0 Å². The molecule has 0 spiro atoms. The average Bonchev–Trinajstić information content (AvgIpc) is 2.83. The molecule has 0 saturated carbocycles. The molecule has 23 heavy (non-hydrogen) atoms. The Balaban J connectivity index is 1.93. The van der Waals surface area contributed by atoms with Crippen molar-refractivity contribution in [1.29, 1.82) is 0 Å². The molecule has 1 N–H and O–H groups in total. The number of carboxylic acids is 1. The molecule has 3 heterocycles. The first kappa shape index (κ1) is 15.5. The van der Waals surface area contributed by atoms with Crippen molar-refractivity contribution < 1.29 is 14.7 Å². The number of carboxylic acid groups (broad SMARTS) is 1. The van der Waals surface area contributed by atoms with Gasteiger partial charge in [-0.1, -0.05) is 0 Å². The van der Waals surface area contributed by atoms with Gasteiger partial charge < -0.3 is 10.0 Å². The fourth-order valence-corrected chi connectivity index (χ4v) is 3.17. The number of piperidine rings is 1. The molecule has 7 heteroatoms. The molecule has 2 aromatic rings. The van der Waals surface area contributed by atoms with Crippen molar-refractivity contribution in [3.63, 3.8) is 0 Å². The number of aryl methyl sites for hydroxylation is 3. The number of carbonyl (C=O) groups is 2. The molecule has 3 rings (SSSR count). The van der Waals surface area contributed by atoms with Crippen LogP contribution in [0.25, 0.3) is 5.65 Å². The van der Waals surface area contributed by atoms with Gasteiger partial charge in [-0.2, -0.15) is 5.10 Å². The first-order valence-corrected chi connectivity index (χ1v) is 7.74. The fourth-order valence-electron chi connectivity index (χ4n) is 3.17. The second-order valence-corrected chi connectivity index (χ2v) is 6.14. The van der Waals surface area contributed by atoms with E-state index >= 15 is 0 Å². The van der Waals surface area contributed by atoms with Gasteiger partial charge in [0, 0.05) is 24.5 Å². The van der Waals surface area contributed by atoms with E-state index < -0.39 is 5.97 Å². The molecule has 1 fully saturated rings. The van der Waals surface area contributed by atoms with Gasteiger partial charge >= 0.3 is 5.97 Å². The van der Waals surface area contributed by atoms with Crippen LogP contribution in [0.1, 0.15) is 40.3 Å². The third kappa shape index (κ3) is 2.67. The zero-order valence-electron chi connectivity index (χ0n) is 13.5. The third-order valence-corrected chi connectivity index (χ3v) is 4.42. The van der Waals surface area contributed by atoms with E-state index in [0.717, 1.165) is 11.4 Å². The predicted molar refractivity (Wildman–Crippen MR) is 83.5 cm³/mol. The lowest BCUT2D eigenvalue weighted by molar-refractivity contribution is -0.143. The van der Waals surface area contributed by atoms with Gasteiger partial charge in [-0.15, -0.1) is 0 Å². The molecule has 0 bridgehead atoms. The highest BCUT2D eigenvalue weighted by molar-refractivity contribution is 6.01. The summed E-state index contributed by atoms with van der Waals surface area (Å²) in [6, 6.07) is 1.92. The van der Waals surface area contributed by atoms with Crippen LogP contribution in [0.15, 0.2) is 6.07 Å². The molecule has 1 saturated heterocycles. The second kappa shape index (κ2) is 5.64. The lowest BCUT2D eigenvalue weighted by Gasteiger charge is -2.30. The maximum Gasteiger partial charge on any atom is 0.306 e. The number of aromatic nitrogens is 3. The van der Waals surface area contributed by atoms with Gasteiger partial charge in [0.2, 0.25) is 0 Å². The highest BCUT2D eigenvalue weighted by atomic mass is 16.4. The summed E-state index contributed by atoms with van der Waals surface area (Å²) < 4.78 is 1.69. The van der Waals surface area contributed by atoms with Crippen molar-refractivity contribution in [2.24, 2.45) is 5.92 Å². The lowest BCUT2D eigenvalue weighted by Crippen LogP contribution is -2.40. The summed E-state index contributed by atoms with van der Waals surface area (Å²) in [4.78, 5) is 30.1. The van der Waals surface area contributed by atoms with Gasteiger partial charge in [0.1, 0.15) is 5.56 Å². The second-order valence-electron chi connectivity index (χ2n) is 6.14. The molecule has 0 unspecified atom stereocenters. The minimum absolute atomic E-state index is 0.112. The van der Waals surface area contributed by atoms with Gasteiger partial charge in [-0.05, 0) is 39.7 Å². The number of hydrogen-bond acceptors (Lipinski definition) is 4. The Bertz CT molecular complexity index is 788. The Hall–Kier alpha value is -2.44. The van der Waals surface area contributed by atoms with Crippen LogP contribution in [0.2, 0.25) is 0 Å². The van der Waals surface area contributed by atoms with Crippen LogP contribution in [0, 0.1) is 26.7 Å². The van der Waals surface area contributed by atoms with Crippen molar-refractivity contribution in [2.75, 3.05) is 13.1 Å². The van der Waals surface area contributed by atoms with Crippen LogP contribution < -0.4 is 0 Å². The number of hydrogen-bond donors (Lipinski definition) is 1.